The zero-order valence-corrected chi connectivity index (χ0v) is 18.3. The van der Waals surface area contributed by atoms with Crippen molar-refractivity contribution in [2.45, 2.75) is 24.2 Å². The molecule has 10 heteroatoms. The number of carbonyl (C=O) groups is 2. The minimum Gasteiger partial charge on any atom is -0.454 e. The minimum atomic E-state index is -3.63. The first-order valence-electron chi connectivity index (χ1n) is 10.5. The molecule has 1 saturated heterocycles. The minimum absolute atomic E-state index is 0.0962. The largest absolute Gasteiger partial charge is 0.454 e. The number of amides is 2. The quantitative estimate of drug-likeness (QED) is 0.654. The molecule has 1 fully saturated rings. The maximum absolute atomic E-state index is 12.8. The molecule has 0 aliphatic carbocycles. The molecule has 0 unspecified atom stereocenters. The third kappa shape index (κ3) is 5.03. The Morgan fingerprint density at radius 2 is 1.84 bits per heavy atom. The molecule has 2 amide bonds. The second-order valence-corrected chi connectivity index (χ2v) is 9.61. The van der Waals surface area contributed by atoms with Crippen molar-refractivity contribution in [1.82, 2.24) is 9.62 Å². The standard InChI is InChI=1S/C22H25N3O6S/c26-21(24-17-8-9-19-20(13-17)31-15-30-19)10-11-23-22(27)16-5-4-12-25(14-16)32(28,29)18-6-2-1-3-7-18/h1-3,6-9,13,16H,4-5,10-12,14-15H2,(H,23,27)(H,24,26)/t16-/m0/s1. The van der Waals surface area contributed by atoms with Crippen LogP contribution in [0.15, 0.2) is 53.4 Å². The molecule has 1 atom stereocenters. The summed E-state index contributed by atoms with van der Waals surface area (Å²) in [6.45, 7) is 0.840. The third-order valence-electron chi connectivity index (χ3n) is 5.44. The van der Waals surface area contributed by atoms with Crippen LogP contribution in [0.25, 0.3) is 0 Å². The van der Waals surface area contributed by atoms with Gasteiger partial charge in [-0.2, -0.15) is 4.31 Å². The van der Waals surface area contributed by atoms with Crippen molar-refractivity contribution in [3.63, 3.8) is 0 Å². The molecule has 2 aromatic rings. The van der Waals surface area contributed by atoms with Gasteiger partial charge in [-0.05, 0) is 37.1 Å². The van der Waals surface area contributed by atoms with E-state index in [1.807, 2.05) is 0 Å². The maximum atomic E-state index is 12.8. The second-order valence-electron chi connectivity index (χ2n) is 7.67. The van der Waals surface area contributed by atoms with Gasteiger partial charge in [-0.3, -0.25) is 9.59 Å². The van der Waals surface area contributed by atoms with E-state index in [1.165, 1.54) is 4.31 Å². The van der Waals surface area contributed by atoms with E-state index in [4.69, 9.17) is 9.47 Å². The van der Waals surface area contributed by atoms with Gasteiger partial charge in [0.25, 0.3) is 0 Å². The number of hydrogen-bond acceptors (Lipinski definition) is 6. The number of fused-ring (bicyclic) bond motifs is 1. The second kappa shape index (κ2) is 9.58. The number of anilines is 1. The fraction of sp³-hybridized carbons (Fsp3) is 0.364. The number of benzene rings is 2. The first kappa shape index (κ1) is 22.1. The molecule has 2 N–H and O–H groups in total. The lowest BCUT2D eigenvalue weighted by Gasteiger charge is -2.31. The normalized spacial score (nSPS) is 18.2. The molecule has 0 saturated carbocycles. The highest BCUT2D eigenvalue weighted by molar-refractivity contribution is 7.89. The highest BCUT2D eigenvalue weighted by Crippen LogP contribution is 2.34. The van der Waals surface area contributed by atoms with Gasteiger partial charge in [-0.25, -0.2) is 8.42 Å². The maximum Gasteiger partial charge on any atom is 0.243 e. The molecule has 4 rings (SSSR count). The van der Waals surface area contributed by atoms with Gasteiger partial charge in [-0.1, -0.05) is 18.2 Å². The lowest BCUT2D eigenvalue weighted by molar-refractivity contribution is -0.126. The summed E-state index contributed by atoms with van der Waals surface area (Å²) in [6, 6.07) is 13.3. The smallest absolute Gasteiger partial charge is 0.243 e. The zero-order valence-electron chi connectivity index (χ0n) is 17.5. The van der Waals surface area contributed by atoms with E-state index < -0.39 is 15.9 Å². The highest BCUT2D eigenvalue weighted by atomic mass is 32.2. The Morgan fingerprint density at radius 3 is 2.66 bits per heavy atom. The molecule has 2 aliphatic rings. The van der Waals surface area contributed by atoms with Crippen LogP contribution in [0.5, 0.6) is 11.5 Å². The fourth-order valence-electron chi connectivity index (χ4n) is 3.76. The molecule has 0 radical (unpaired) electrons. The number of ether oxygens (including phenoxy) is 2. The number of piperidine rings is 1. The fourth-order valence-corrected chi connectivity index (χ4v) is 5.30. The number of rotatable bonds is 7. The van der Waals surface area contributed by atoms with Crippen LogP contribution >= 0.6 is 0 Å². The van der Waals surface area contributed by atoms with Crippen LogP contribution in [-0.2, 0) is 19.6 Å². The van der Waals surface area contributed by atoms with E-state index in [-0.39, 0.29) is 43.0 Å². The predicted octanol–water partition coefficient (Wildman–Crippen LogP) is 1.96. The number of sulfonamides is 1. The van der Waals surface area contributed by atoms with E-state index in [0.717, 1.165) is 0 Å². The summed E-state index contributed by atoms with van der Waals surface area (Å²) >= 11 is 0. The SMILES string of the molecule is O=C(CCNC(=O)[C@H]1CCCN(S(=O)(=O)c2ccccc2)C1)Nc1ccc2c(c1)OCO2. The lowest BCUT2D eigenvalue weighted by Crippen LogP contribution is -2.45. The van der Waals surface area contributed by atoms with E-state index in [2.05, 4.69) is 10.6 Å². The molecule has 0 spiro atoms. The average Bonchev–Trinajstić information content (AvgIpc) is 3.27. The van der Waals surface area contributed by atoms with Gasteiger partial charge >= 0.3 is 0 Å². The summed E-state index contributed by atoms with van der Waals surface area (Å²) in [5, 5.41) is 5.51. The molecule has 2 aromatic carbocycles. The molecule has 0 bridgehead atoms. The first-order valence-corrected chi connectivity index (χ1v) is 11.9. The summed E-state index contributed by atoms with van der Waals surface area (Å²) in [5.41, 5.74) is 0.583. The summed E-state index contributed by atoms with van der Waals surface area (Å²) in [5.74, 6) is 0.267. The van der Waals surface area contributed by atoms with E-state index >= 15 is 0 Å². The topological polar surface area (TPSA) is 114 Å². The summed E-state index contributed by atoms with van der Waals surface area (Å²) in [6.07, 6.45) is 1.31. The first-order chi connectivity index (χ1) is 15.4. The van der Waals surface area contributed by atoms with Gasteiger partial charge < -0.3 is 20.1 Å². The van der Waals surface area contributed by atoms with Crippen molar-refractivity contribution >= 4 is 27.5 Å². The van der Waals surface area contributed by atoms with Gasteiger partial charge in [0.1, 0.15) is 0 Å². The number of carbonyl (C=O) groups excluding carboxylic acids is 2. The number of hydrogen-bond donors (Lipinski definition) is 2. The molecule has 2 heterocycles. The van der Waals surface area contributed by atoms with Crippen LogP contribution in [0.1, 0.15) is 19.3 Å². The number of nitrogens with one attached hydrogen (secondary N) is 2. The van der Waals surface area contributed by atoms with Gasteiger partial charge in [0.2, 0.25) is 28.6 Å². The summed E-state index contributed by atoms with van der Waals surface area (Å²) in [4.78, 5) is 25.0. The van der Waals surface area contributed by atoms with Crippen molar-refractivity contribution < 1.29 is 27.5 Å². The van der Waals surface area contributed by atoms with Crippen molar-refractivity contribution in [2.75, 3.05) is 31.7 Å². The van der Waals surface area contributed by atoms with E-state index in [0.29, 0.717) is 36.6 Å². The van der Waals surface area contributed by atoms with Crippen LogP contribution in [0.4, 0.5) is 5.69 Å². The molecule has 2 aliphatic heterocycles. The van der Waals surface area contributed by atoms with Crippen LogP contribution in [0.2, 0.25) is 0 Å². The van der Waals surface area contributed by atoms with Gasteiger partial charge in [0.15, 0.2) is 11.5 Å². The van der Waals surface area contributed by atoms with Crippen LogP contribution in [0, 0.1) is 5.92 Å². The summed E-state index contributed by atoms with van der Waals surface area (Å²) in [7, 11) is -3.63. The Labute approximate surface area is 186 Å². The third-order valence-corrected chi connectivity index (χ3v) is 7.32. The molecule has 0 aromatic heterocycles. The number of nitrogens with zero attached hydrogens (tertiary/aromatic N) is 1. The Balaban J connectivity index is 1.25. The van der Waals surface area contributed by atoms with Crippen molar-refractivity contribution in [3.05, 3.63) is 48.5 Å². The van der Waals surface area contributed by atoms with Crippen molar-refractivity contribution in [3.8, 4) is 11.5 Å². The molecule has 9 nitrogen and oxygen atoms in total. The Hall–Kier alpha value is -3.11. The van der Waals surface area contributed by atoms with Crippen LogP contribution in [0.3, 0.4) is 0 Å². The highest BCUT2D eigenvalue weighted by Gasteiger charge is 2.33. The van der Waals surface area contributed by atoms with Crippen LogP contribution in [-0.4, -0.2) is 51.0 Å². The Morgan fingerprint density at radius 1 is 1.06 bits per heavy atom. The summed E-state index contributed by atoms with van der Waals surface area (Å²) < 4.78 is 37.5. The lowest BCUT2D eigenvalue weighted by atomic mass is 9.99. The van der Waals surface area contributed by atoms with Crippen LogP contribution < -0.4 is 20.1 Å². The Bertz CT molecular complexity index is 1090. The van der Waals surface area contributed by atoms with Gasteiger partial charge in [0, 0.05) is 37.8 Å². The monoisotopic (exact) mass is 459 g/mol. The van der Waals surface area contributed by atoms with Crippen molar-refractivity contribution in [1.29, 1.82) is 0 Å². The molecular formula is C22H25N3O6S. The molecular weight excluding hydrogens is 434 g/mol. The molecule has 32 heavy (non-hydrogen) atoms. The predicted molar refractivity (Wildman–Crippen MR) is 117 cm³/mol. The van der Waals surface area contributed by atoms with E-state index in [1.54, 1.807) is 48.5 Å². The Kier molecular flexibility index (Phi) is 6.61. The van der Waals surface area contributed by atoms with E-state index in [9.17, 15) is 18.0 Å². The van der Waals surface area contributed by atoms with Gasteiger partial charge in [-0.15, -0.1) is 0 Å². The average molecular weight is 460 g/mol. The molecule has 170 valence electrons. The van der Waals surface area contributed by atoms with Crippen molar-refractivity contribution in [2.24, 2.45) is 5.92 Å². The van der Waals surface area contributed by atoms with Gasteiger partial charge in [0.05, 0.1) is 10.8 Å². The zero-order chi connectivity index (χ0) is 22.6.